The summed E-state index contributed by atoms with van der Waals surface area (Å²) in [5.41, 5.74) is -0.606. The largest absolute Gasteiger partial charge is 0.484 e. The average molecular weight is 664 g/mol. The molecule has 0 radical (unpaired) electrons. The van der Waals surface area contributed by atoms with Crippen molar-refractivity contribution >= 4 is 46.6 Å². The maximum absolute atomic E-state index is 14.3. The number of nitrogens with one attached hydrogen (secondary N) is 2. The van der Waals surface area contributed by atoms with Gasteiger partial charge in [0.1, 0.15) is 17.3 Å². The monoisotopic (exact) mass is 663 g/mol. The van der Waals surface area contributed by atoms with Crippen molar-refractivity contribution in [3.05, 3.63) is 64.5 Å². The molecule has 3 rings (SSSR count). The van der Waals surface area contributed by atoms with Crippen LogP contribution in [-0.4, -0.2) is 61.5 Å². The lowest BCUT2D eigenvalue weighted by molar-refractivity contribution is -0.343. The number of carbonyl (C=O) groups is 3. The molecule has 0 spiro atoms. The number of anilines is 1. The van der Waals surface area contributed by atoms with Crippen molar-refractivity contribution in [2.24, 2.45) is 0 Å². The van der Waals surface area contributed by atoms with E-state index in [-0.39, 0.29) is 39.4 Å². The number of ether oxygens (including phenoxy) is 2. The van der Waals surface area contributed by atoms with Crippen LogP contribution in [0.3, 0.4) is 0 Å². The average Bonchev–Trinajstić information content (AvgIpc) is 2.91. The standard InChI is InChI=1S/C25H19Cl2F8N3O5/c1-12(37-20(39)11-42-14-3-4-15(27)16(28)9-14)6-7-36-21(40)19-10-38(17-8-13(26)2-5-18(17)43-19)22(41)23(29,30)24(31,32)25(33,34)35/h2-5,8-9,19H,1,6-7,10-11H2,(H,36,40)(H,37,39). The lowest BCUT2D eigenvalue weighted by atomic mass is 10.1. The maximum Gasteiger partial charge on any atom is 0.460 e. The molecule has 1 unspecified atom stereocenters. The molecule has 3 amide bonds. The van der Waals surface area contributed by atoms with Gasteiger partial charge in [-0.15, -0.1) is 0 Å². The quantitative estimate of drug-likeness (QED) is 0.338. The second kappa shape index (κ2) is 12.8. The highest BCUT2D eigenvalue weighted by Gasteiger charge is 2.77. The molecule has 0 fully saturated rings. The molecule has 2 aromatic rings. The normalized spacial score (nSPS) is 15.2. The predicted molar refractivity (Wildman–Crippen MR) is 136 cm³/mol. The van der Waals surface area contributed by atoms with Crippen molar-refractivity contribution in [2.45, 2.75) is 30.5 Å². The Labute approximate surface area is 247 Å². The summed E-state index contributed by atoms with van der Waals surface area (Å²) in [7, 11) is 0. The number of alkyl halides is 7. The molecule has 0 aromatic heterocycles. The zero-order valence-corrected chi connectivity index (χ0v) is 22.9. The number of hydrogen-bond acceptors (Lipinski definition) is 5. The summed E-state index contributed by atoms with van der Waals surface area (Å²) in [6.07, 6.45) is -8.71. The molecule has 1 atom stereocenters. The van der Waals surface area contributed by atoms with E-state index in [2.05, 4.69) is 17.2 Å². The summed E-state index contributed by atoms with van der Waals surface area (Å²) in [6, 6.07) is 6.43. The number of hydrogen-bond donors (Lipinski definition) is 2. The highest BCUT2D eigenvalue weighted by molar-refractivity contribution is 6.31. The zero-order valence-electron chi connectivity index (χ0n) is 21.3. The van der Waals surface area contributed by atoms with Gasteiger partial charge >= 0.3 is 23.9 Å². The summed E-state index contributed by atoms with van der Waals surface area (Å²) in [4.78, 5) is 37.0. The number of rotatable bonds is 10. The van der Waals surface area contributed by atoms with E-state index in [1.165, 1.54) is 12.1 Å². The third-order valence-electron chi connectivity index (χ3n) is 5.69. The third-order valence-corrected chi connectivity index (χ3v) is 6.23. The molecule has 43 heavy (non-hydrogen) atoms. The Bertz CT molecular complexity index is 1420. The molecule has 1 aliphatic rings. The Morgan fingerprint density at radius 3 is 2.35 bits per heavy atom. The van der Waals surface area contributed by atoms with Crippen LogP contribution < -0.4 is 25.0 Å². The number of nitrogens with zero attached hydrogens (tertiary/aromatic N) is 1. The van der Waals surface area contributed by atoms with Crippen LogP contribution in [0.1, 0.15) is 6.42 Å². The SMILES string of the molecule is C=C(CCNC(=O)C1CN(C(=O)C(F)(F)C(F)(F)C(F)(F)F)c2cc(Cl)ccc2O1)NC(=O)COc1ccc(Cl)c(F)c1. The molecule has 18 heteroatoms. The van der Waals surface area contributed by atoms with E-state index in [4.69, 9.17) is 32.7 Å². The van der Waals surface area contributed by atoms with Crippen LogP contribution in [0.5, 0.6) is 11.5 Å². The molecule has 0 bridgehead atoms. The van der Waals surface area contributed by atoms with Crippen molar-refractivity contribution in [3.63, 3.8) is 0 Å². The van der Waals surface area contributed by atoms with Gasteiger partial charge in [0.15, 0.2) is 12.7 Å². The predicted octanol–water partition coefficient (Wildman–Crippen LogP) is 5.27. The van der Waals surface area contributed by atoms with E-state index in [1.807, 2.05) is 0 Å². The van der Waals surface area contributed by atoms with Crippen LogP contribution in [0, 0.1) is 5.82 Å². The summed E-state index contributed by atoms with van der Waals surface area (Å²) in [5.74, 6) is -19.0. The van der Waals surface area contributed by atoms with Gasteiger partial charge in [0, 0.05) is 29.8 Å². The van der Waals surface area contributed by atoms with Gasteiger partial charge < -0.3 is 20.1 Å². The summed E-state index contributed by atoms with van der Waals surface area (Å²) < 4.78 is 118. The van der Waals surface area contributed by atoms with E-state index in [0.29, 0.717) is 0 Å². The molecule has 0 saturated carbocycles. The van der Waals surface area contributed by atoms with Gasteiger partial charge in [0.2, 0.25) is 0 Å². The lowest BCUT2D eigenvalue weighted by Crippen LogP contribution is -2.62. The van der Waals surface area contributed by atoms with Crippen molar-refractivity contribution in [3.8, 4) is 11.5 Å². The molecule has 0 saturated heterocycles. The number of benzene rings is 2. The number of fused-ring (bicyclic) bond motifs is 1. The molecule has 2 N–H and O–H groups in total. The van der Waals surface area contributed by atoms with E-state index >= 15 is 0 Å². The molecule has 0 aliphatic carbocycles. The van der Waals surface area contributed by atoms with Crippen molar-refractivity contribution in [1.29, 1.82) is 0 Å². The molecule has 1 heterocycles. The Kier molecular flexibility index (Phi) is 10.1. The van der Waals surface area contributed by atoms with Crippen LogP contribution in [0.25, 0.3) is 0 Å². The first-order valence-electron chi connectivity index (χ1n) is 11.8. The third kappa shape index (κ3) is 7.60. The Hall–Kier alpha value is -3.79. The first-order chi connectivity index (χ1) is 19.8. The fourth-order valence-electron chi connectivity index (χ4n) is 3.53. The molecule has 234 valence electrons. The van der Waals surface area contributed by atoms with E-state index in [0.717, 1.165) is 24.3 Å². The minimum atomic E-state index is -6.77. The van der Waals surface area contributed by atoms with E-state index < -0.39 is 72.3 Å². The fourth-order valence-corrected chi connectivity index (χ4v) is 3.81. The Balaban J connectivity index is 1.61. The Morgan fingerprint density at radius 1 is 1.05 bits per heavy atom. The van der Waals surface area contributed by atoms with Gasteiger partial charge in [0.05, 0.1) is 17.3 Å². The summed E-state index contributed by atoms with van der Waals surface area (Å²) >= 11 is 11.3. The van der Waals surface area contributed by atoms with Gasteiger partial charge in [-0.25, -0.2) is 4.39 Å². The summed E-state index contributed by atoms with van der Waals surface area (Å²) in [6.45, 7) is 1.58. The second-order valence-electron chi connectivity index (χ2n) is 8.84. The first-order valence-corrected chi connectivity index (χ1v) is 12.5. The van der Waals surface area contributed by atoms with Crippen LogP contribution in [-0.2, 0) is 14.4 Å². The smallest absolute Gasteiger partial charge is 0.460 e. The molecule has 8 nitrogen and oxygen atoms in total. The summed E-state index contributed by atoms with van der Waals surface area (Å²) in [5, 5.41) is 4.26. The Morgan fingerprint density at radius 2 is 1.72 bits per heavy atom. The highest BCUT2D eigenvalue weighted by Crippen LogP contribution is 2.48. The minimum absolute atomic E-state index is 0.0127. The topological polar surface area (TPSA) is 97.0 Å². The molecule has 2 aromatic carbocycles. The molecular weight excluding hydrogens is 645 g/mol. The van der Waals surface area contributed by atoms with Gasteiger partial charge in [-0.2, -0.15) is 30.7 Å². The first kappa shape index (κ1) is 33.7. The van der Waals surface area contributed by atoms with Crippen molar-refractivity contribution in [2.75, 3.05) is 24.6 Å². The van der Waals surface area contributed by atoms with Crippen molar-refractivity contribution < 1.29 is 59.0 Å². The van der Waals surface area contributed by atoms with Gasteiger partial charge in [-0.05, 0) is 30.3 Å². The fraction of sp³-hybridized carbons (Fsp3) is 0.320. The van der Waals surface area contributed by atoms with Gasteiger partial charge in [-0.1, -0.05) is 29.8 Å². The van der Waals surface area contributed by atoms with Crippen LogP contribution >= 0.6 is 23.2 Å². The van der Waals surface area contributed by atoms with Gasteiger partial charge in [0.25, 0.3) is 11.8 Å². The zero-order chi connectivity index (χ0) is 32.3. The van der Waals surface area contributed by atoms with E-state index in [1.54, 1.807) is 0 Å². The van der Waals surface area contributed by atoms with Crippen LogP contribution in [0.4, 0.5) is 40.8 Å². The van der Waals surface area contributed by atoms with Crippen LogP contribution in [0.15, 0.2) is 48.7 Å². The van der Waals surface area contributed by atoms with Gasteiger partial charge in [-0.3, -0.25) is 19.3 Å². The molecular formula is C25H19Cl2F8N3O5. The minimum Gasteiger partial charge on any atom is -0.484 e. The van der Waals surface area contributed by atoms with E-state index in [9.17, 15) is 49.5 Å². The molecule has 1 aliphatic heterocycles. The number of amides is 3. The maximum atomic E-state index is 14.3. The van der Waals surface area contributed by atoms with Crippen molar-refractivity contribution in [1.82, 2.24) is 10.6 Å². The number of halogens is 10. The van der Waals surface area contributed by atoms with Crippen LogP contribution in [0.2, 0.25) is 10.0 Å². The highest BCUT2D eigenvalue weighted by atomic mass is 35.5. The number of carbonyl (C=O) groups excluding carboxylic acids is 3. The second-order valence-corrected chi connectivity index (χ2v) is 9.68. The lowest BCUT2D eigenvalue weighted by Gasteiger charge is -2.37.